The van der Waals surface area contributed by atoms with E-state index in [1.807, 2.05) is 6.07 Å². The van der Waals surface area contributed by atoms with Crippen LogP contribution in [-0.4, -0.2) is 85.9 Å². The molecule has 0 spiro atoms. The van der Waals surface area contributed by atoms with Gasteiger partial charge in [-0.15, -0.1) is 11.3 Å². The number of anilines is 1. The molecule has 4 heterocycles. The predicted molar refractivity (Wildman–Crippen MR) is 152 cm³/mol. The van der Waals surface area contributed by atoms with Crippen LogP contribution in [0.5, 0.6) is 0 Å². The topological polar surface area (TPSA) is 80.7 Å². The van der Waals surface area contributed by atoms with Crippen molar-refractivity contribution in [2.75, 3.05) is 58.4 Å². The molecule has 2 aliphatic rings. The third-order valence-corrected chi connectivity index (χ3v) is 8.57. The van der Waals surface area contributed by atoms with Crippen molar-refractivity contribution in [3.63, 3.8) is 0 Å². The maximum atomic E-state index is 13.6. The van der Waals surface area contributed by atoms with E-state index in [2.05, 4.69) is 39.5 Å². The predicted octanol–water partition coefficient (Wildman–Crippen LogP) is 4.15. The molecule has 2 aliphatic heterocycles. The number of ether oxygens (including phenoxy) is 2. The van der Waals surface area contributed by atoms with Crippen molar-refractivity contribution in [3.8, 4) is 11.8 Å². The van der Waals surface area contributed by atoms with Gasteiger partial charge in [0, 0.05) is 25.4 Å². The van der Waals surface area contributed by atoms with E-state index in [0.29, 0.717) is 54.7 Å². The summed E-state index contributed by atoms with van der Waals surface area (Å²) in [7, 11) is 2.11. The fourth-order valence-electron chi connectivity index (χ4n) is 5.33. The summed E-state index contributed by atoms with van der Waals surface area (Å²) in [4.78, 5) is 15.2. The molecule has 41 heavy (non-hydrogen) atoms. The van der Waals surface area contributed by atoms with Gasteiger partial charge in [-0.05, 0) is 49.4 Å². The third-order valence-electron chi connectivity index (χ3n) is 7.38. The number of carbonyl (C=O) groups is 1. The quantitative estimate of drug-likeness (QED) is 0.416. The average Bonchev–Trinajstić information content (AvgIpc) is 3.54. The highest BCUT2D eigenvalue weighted by molar-refractivity contribution is 7.20. The number of halogens is 3. The number of amides is 1. The molecule has 2 N–H and O–H groups in total. The second-order valence-corrected chi connectivity index (χ2v) is 11.5. The van der Waals surface area contributed by atoms with Gasteiger partial charge in [0.1, 0.15) is 0 Å². The lowest BCUT2D eigenvalue weighted by molar-refractivity contribution is -0.126. The fourth-order valence-corrected chi connectivity index (χ4v) is 6.50. The molecule has 4 bridgehead atoms. The lowest BCUT2D eigenvalue weighted by atomic mass is 9.89. The van der Waals surface area contributed by atoms with Gasteiger partial charge < -0.3 is 25.0 Å². The van der Waals surface area contributed by atoms with Gasteiger partial charge in [-0.25, -0.2) is 0 Å². The average molecular weight is 590 g/mol. The molecule has 1 aromatic carbocycles. The van der Waals surface area contributed by atoms with E-state index in [9.17, 15) is 18.0 Å². The van der Waals surface area contributed by atoms with Crippen LogP contribution in [0.25, 0.3) is 10.1 Å². The van der Waals surface area contributed by atoms with Crippen LogP contribution in [0.4, 0.5) is 18.9 Å². The number of hydrogen-bond donors (Lipinski definition) is 2. The van der Waals surface area contributed by atoms with E-state index >= 15 is 0 Å². The molecule has 3 aromatic rings. The van der Waals surface area contributed by atoms with Gasteiger partial charge in [0.05, 0.1) is 66.4 Å². The first kappa shape index (κ1) is 29.4. The Morgan fingerprint density at radius 2 is 1.98 bits per heavy atom. The van der Waals surface area contributed by atoms with Crippen LogP contribution in [0.15, 0.2) is 30.6 Å². The minimum Gasteiger partial charge on any atom is -0.381 e. The van der Waals surface area contributed by atoms with Crippen molar-refractivity contribution >= 4 is 33.0 Å². The van der Waals surface area contributed by atoms with Gasteiger partial charge in [0.15, 0.2) is 0 Å². The molecular formula is C29H34F3N5O3S. The van der Waals surface area contributed by atoms with E-state index < -0.39 is 12.6 Å². The van der Waals surface area contributed by atoms with E-state index in [1.54, 1.807) is 23.0 Å². The molecular weight excluding hydrogens is 555 g/mol. The maximum absolute atomic E-state index is 13.6. The standard InChI is InChI=1S/C29H34F3N5O3S/c1-36-10-7-24-20(18-36)8-12-39-14-15-40-13-11-37-19-21(17-34-37)28(38)33-9-3-6-26-23(16-29(30,31)32)22-4-2-5-25(35-24)27(22)41-26/h2,4-5,17,19-20,24,35H,7-16,18H2,1H3,(H,33,38)/t20-,24-/m0/s1. The summed E-state index contributed by atoms with van der Waals surface area (Å²) < 4.78 is 54.8. The number of carbonyl (C=O) groups excluding carboxylic acids is 1. The third kappa shape index (κ3) is 7.80. The summed E-state index contributed by atoms with van der Waals surface area (Å²) in [5, 5.41) is 11.1. The Kier molecular flexibility index (Phi) is 9.49. The SMILES string of the molecule is CN1CC[C@@H]2Nc3cccc4c(CC(F)(F)F)c(sc34)C#CCNC(=O)c3cnn(c3)CCOCCOCC[C@H]2C1. The van der Waals surface area contributed by atoms with Crippen molar-refractivity contribution in [2.45, 2.75) is 38.0 Å². The number of rotatable bonds is 1. The normalized spacial score (nSPS) is 21.9. The van der Waals surface area contributed by atoms with Crippen molar-refractivity contribution in [2.24, 2.45) is 5.92 Å². The molecule has 12 heteroatoms. The molecule has 1 amide bonds. The van der Waals surface area contributed by atoms with Crippen LogP contribution in [0.3, 0.4) is 0 Å². The monoisotopic (exact) mass is 589 g/mol. The Labute approximate surface area is 241 Å². The molecule has 0 unspecified atom stereocenters. The zero-order valence-electron chi connectivity index (χ0n) is 22.9. The number of piperidine rings is 1. The number of fused-ring (bicyclic) bond motifs is 4. The Morgan fingerprint density at radius 1 is 1.15 bits per heavy atom. The fraction of sp³-hybridized carbons (Fsp3) is 0.517. The molecule has 220 valence electrons. The number of likely N-dealkylation sites (tertiary alicyclic amines) is 1. The van der Waals surface area contributed by atoms with E-state index in [1.165, 1.54) is 17.5 Å². The lowest BCUT2D eigenvalue weighted by Crippen LogP contribution is -2.45. The zero-order valence-corrected chi connectivity index (χ0v) is 23.7. The number of alkyl halides is 3. The molecule has 8 nitrogen and oxygen atoms in total. The van der Waals surface area contributed by atoms with Crippen LogP contribution in [-0.2, 0) is 22.4 Å². The number of nitrogens with one attached hydrogen (secondary N) is 2. The second kappa shape index (κ2) is 13.2. The summed E-state index contributed by atoms with van der Waals surface area (Å²) in [5.74, 6) is 5.72. The van der Waals surface area contributed by atoms with Gasteiger partial charge in [-0.1, -0.05) is 24.0 Å². The molecule has 2 aromatic heterocycles. The van der Waals surface area contributed by atoms with E-state index in [0.717, 1.165) is 36.3 Å². The van der Waals surface area contributed by atoms with Gasteiger partial charge in [0.25, 0.3) is 5.91 Å². The van der Waals surface area contributed by atoms with Crippen molar-refractivity contribution < 1.29 is 27.4 Å². The Hall–Kier alpha value is -3.11. The van der Waals surface area contributed by atoms with Crippen LogP contribution in [0.2, 0.25) is 0 Å². The van der Waals surface area contributed by atoms with Crippen molar-refractivity contribution in [1.82, 2.24) is 20.0 Å². The Bertz CT molecular complexity index is 1410. The van der Waals surface area contributed by atoms with Crippen LogP contribution < -0.4 is 10.6 Å². The molecule has 1 fully saturated rings. The molecule has 0 radical (unpaired) electrons. The molecule has 5 rings (SSSR count). The first-order chi connectivity index (χ1) is 19.8. The highest BCUT2D eigenvalue weighted by atomic mass is 32.1. The molecule has 0 aliphatic carbocycles. The number of hydrogen-bond acceptors (Lipinski definition) is 7. The minimum absolute atomic E-state index is 0.00476. The van der Waals surface area contributed by atoms with E-state index in [4.69, 9.17) is 9.47 Å². The first-order valence-corrected chi connectivity index (χ1v) is 14.6. The van der Waals surface area contributed by atoms with Gasteiger partial charge >= 0.3 is 6.18 Å². The maximum Gasteiger partial charge on any atom is 0.393 e. The summed E-state index contributed by atoms with van der Waals surface area (Å²) in [5.41, 5.74) is 1.36. The number of nitrogens with zero attached hydrogens (tertiary/aromatic N) is 3. The number of benzene rings is 1. The molecule has 2 atom stereocenters. The van der Waals surface area contributed by atoms with E-state index in [-0.39, 0.29) is 24.1 Å². The zero-order chi connectivity index (χ0) is 28.8. The smallest absolute Gasteiger partial charge is 0.381 e. The highest BCUT2D eigenvalue weighted by Crippen LogP contribution is 2.40. The second-order valence-electron chi connectivity index (χ2n) is 10.4. The number of aromatic nitrogens is 2. The summed E-state index contributed by atoms with van der Waals surface area (Å²) in [6.07, 6.45) is -0.586. The molecule has 1 saturated heterocycles. The summed E-state index contributed by atoms with van der Waals surface area (Å²) in [6.45, 7) is 4.30. The van der Waals surface area contributed by atoms with Crippen LogP contribution in [0.1, 0.15) is 33.6 Å². The van der Waals surface area contributed by atoms with Gasteiger partial charge in [0.2, 0.25) is 0 Å². The van der Waals surface area contributed by atoms with Gasteiger partial charge in [-0.2, -0.15) is 18.3 Å². The van der Waals surface area contributed by atoms with Crippen LogP contribution >= 0.6 is 11.3 Å². The highest BCUT2D eigenvalue weighted by Gasteiger charge is 2.32. The number of thiophene rings is 1. The van der Waals surface area contributed by atoms with Crippen molar-refractivity contribution in [1.29, 1.82) is 0 Å². The summed E-state index contributed by atoms with van der Waals surface area (Å²) >= 11 is 1.26. The Morgan fingerprint density at radius 3 is 2.80 bits per heavy atom. The molecule has 0 saturated carbocycles. The van der Waals surface area contributed by atoms with Crippen LogP contribution in [0, 0.1) is 17.8 Å². The Balaban J connectivity index is 1.44. The van der Waals surface area contributed by atoms with Crippen molar-refractivity contribution in [3.05, 3.63) is 46.6 Å². The largest absolute Gasteiger partial charge is 0.393 e. The first-order valence-electron chi connectivity index (χ1n) is 13.8. The lowest BCUT2D eigenvalue weighted by Gasteiger charge is -2.38. The minimum atomic E-state index is -4.38. The van der Waals surface area contributed by atoms with Gasteiger partial charge in [-0.3, -0.25) is 9.48 Å². The summed E-state index contributed by atoms with van der Waals surface area (Å²) in [6, 6.07) is 5.62.